The van der Waals surface area contributed by atoms with E-state index in [9.17, 15) is 14.4 Å². The first kappa shape index (κ1) is 12.7. The van der Waals surface area contributed by atoms with Crippen molar-refractivity contribution in [3.8, 4) is 0 Å². The highest BCUT2D eigenvalue weighted by atomic mass is 16.2. The highest BCUT2D eigenvalue weighted by Gasteiger charge is 2.22. The number of carbonyl (C=O) groups excluding carboxylic acids is 3. The molecule has 0 saturated carbocycles. The zero-order chi connectivity index (χ0) is 14.1. The summed E-state index contributed by atoms with van der Waals surface area (Å²) in [4.78, 5) is 34.4. The Bertz CT molecular complexity index is 597. The largest absolute Gasteiger partial charge is 0.352 e. The second-order valence-electron chi connectivity index (χ2n) is 5.11. The van der Waals surface area contributed by atoms with Gasteiger partial charge in [-0.25, -0.2) is 0 Å². The Balaban J connectivity index is 1.62. The molecule has 104 valence electrons. The van der Waals surface area contributed by atoms with Crippen molar-refractivity contribution >= 4 is 23.4 Å². The van der Waals surface area contributed by atoms with Gasteiger partial charge in [0.15, 0.2) is 0 Å². The second kappa shape index (κ2) is 4.96. The fraction of sp³-hybridized carbons (Fsp3) is 0.357. The number of amides is 3. The number of hydrogen-bond donors (Lipinski definition) is 3. The van der Waals surface area contributed by atoms with Crippen LogP contribution in [-0.4, -0.2) is 30.3 Å². The molecule has 0 aliphatic carbocycles. The van der Waals surface area contributed by atoms with Gasteiger partial charge in [-0.3, -0.25) is 14.4 Å². The SMILES string of the molecule is O=C1Cc2ccc(C(=O)NCC3CCC(=O)N3)cc2N1. The van der Waals surface area contributed by atoms with Gasteiger partial charge in [-0.15, -0.1) is 0 Å². The third-order valence-corrected chi connectivity index (χ3v) is 3.59. The molecule has 1 saturated heterocycles. The lowest BCUT2D eigenvalue weighted by molar-refractivity contribution is -0.119. The molecule has 0 bridgehead atoms. The van der Waals surface area contributed by atoms with Gasteiger partial charge in [0.2, 0.25) is 11.8 Å². The van der Waals surface area contributed by atoms with Gasteiger partial charge in [-0.1, -0.05) is 6.07 Å². The summed E-state index contributed by atoms with van der Waals surface area (Å²) >= 11 is 0. The maximum Gasteiger partial charge on any atom is 0.251 e. The highest BCUT2D eigenvalue weighted by Crippen LogP contribution is 2.23. The smallest absolute Gasteiger partial charge is 0.251 e. The maximum atomic E-state index is 12.0. The van der Waals surface area contributed by atoms with Gasteiger partial charge in [0, 0.05) is 30.3 Å². The van der Waals surface area contributed by atoms with Gasteiger partial charge in [-0.05, 0) is 24.1 Å². The third kappa shape index (κ3) is 2.49. The summed E-state index contributed by atoms with van der Waals surface area (Å²) < 4.78 is 0. The summed E-state index contributed by atoms with van der Waals surface area (Å²) in [6, 6.07) is 5.20. The molecule has 6 heteroatoms. The molecule has 3 amide bonds. The van der Waals surface area contributed by atoms with Gasteiger partial charge >= 0.3 is 0 Å². The molecule has 0 aromatic heterocycles. The number of rotatable bonds is 3. The lowest BCUT2D eigenvalue weighted by atomic mass is 10.1. The monoisotopic (exact) mass is 273 g/mol. The normalized spacial score (nSPS) is 20.3. The van der Waals surface area contributed by atoms with E-state index >= 15 is 0 Å². The summed E-state index contributed by atoms with van der Waals surface area (Å²) in [5.41, 5.74) is 2.13. The van der Waals surface area contributed by atoms with E-state index in [-0.39, 0.29) is 23.8 Å². The second-order valence-corrected chi connectivity index (χ2v) is 5.11. The van der Waals surface area contributed by atoms with Crippen molar-refractivity contribution in [1.82, 2.24) is 10.6 Å². The molecule has 3 rings (SSSR count). The molecule has 2 aliphatic rings. The molecule has 6 nitrogen and oxygen atoms in total. The molecular weight excluding hydrogens is 258 g/mol. The standard InChI is InChI=1S/C14H15N3O3/c18-12-4-3-10(16-12)7-15-14(20)9-2-1-8-6-13(19)17-11(8)5-9/h1-2,5,10H,3-4,6-7H2,(H,15,20)(H,16,18)(H,17,19). The molecule has 1 aromatic carbocycles. The lowest BCUT2D eigenvalue weighted by Crippen LogP contribution is -2.38. The number of benzene rings is 1. The minimum Gasteiger partial charge on any atom is -0.352 e. The van der Waals surface area contributed by atoms with Crippen LogP contribution in [0.4, 0.5) is 5.69 Å². The lowest BCUT2D eigenvalue weighted by Gasteiger charge is -2.11. The molecule has 1 unspecified atom stereocenters. The van der Waals surface area contributed by atoms with Crippen molar-refractivity contribution in [2.75, 3.05) is 11.9 Å². The van der Waals surface area contributed by atoms with Gasteiger partial charge in [0.25, 0.3) is 5.91 Å². The van der Waals surface area contributed by atoms with Crippen LogP contribution in [0.15, 0.2) is 18.2 Å². The topological polar surface area (TPSA) is 87.3 Å². The molecule has 20 heavy (non-hydrogen) atoms. The average Bonchev–Trinajstić information content (AvgIpc) is 2.99. The summed E-state index contributed by atoms with van der Waals surface area (Å²) in [5, 5.41) is 8.31. The van der Waals surface area contributed by atoms with E-state index in [2.05, 4.69) is 16.0 Å². The maximum absolute atomic E-state index is 12.0. The number of fused-ring (bicyclic) bond motifs is 1. The van der Waals surface area contributed by atoms with E-state index < -0.39 is 0 Å². The van der Waals surface area contributed by atoms with E-state index in [1.807, 2.05) is 0 Å². The van der Waals surface area contributed by atoms with Crippen LogP contribution >= 0.6 is 0 Å². The molecule has 1 fully saturated rings. The Morgan fingerprint density at radius 1 is 1.30 bits per heavy atom. The van der Waals surface area contributed by atoms with Gasteiger partial charge in [-0.2, -0.15) is 0 Å². The molecule has 0 radical (unpaired) electrons. The van der Waals surface area contributed by atoms with E-state index in [1.54, 1.807) is 18.2 Å². The van der Waals surface area contributed by atoms with Crippen LogP contribution in [0.2, 0.25) is 0 Å². The Morgan fingerprint density at radius 3 is 2.90 bits per heavy atom. The number of anilines is 1. The van der Waals surface area contributed by atoms with Crippen molar-refractivity contribution in [1.29, 1.82) is 0 Å². The quantitative estimate of drug-likeness (QED) is 0.734. The summed E-state index contributed by atoms with van der Waals surface area (Å²) in [6.07, 6.45) is 1.64. The fourth-order valence-corrected chi connectivity index (χ4v) is 2.50. The summed E-state index contributed by atoms with van der Waals surface area (Å²) in [5.74, 6) is -0.217. The molecule has 1 aromatic rings. The summed E-state index contributed by atoms with van der Waals surface area (Å²) in [6.45, 7) is 0.425. The van der Waals surface area contributed by atoms with Crippen LogP contribution in [0, 0.1) is 0 Å². The van der Waals surface area contributed by atoms with Crippen molar-refractivity contribution in [2.24, 2.45) is 0 Å². The molecule has 2 heterocycles. The minimum atomic E-state index is -0.199. The van der Waals surface area contributed by atoms with Crippen LogP contribution in [0.1, 0.15) is 28.8 Å². The summed E-state index contributed by atoms with van der Waals surface area (Å²) in [7, 11) is 0. The molecule has 2 aliphatic heterocycles. The Morgan fingerprint density at radius 2 is 2.15 bits per heavy atom. The van der Waals surface area contributed by atoms with Crippen molar-refractivity contribution in [2.45, 2.75) is 25.3 Å². The highest BCUT2D eigenvalue weighted by molar-refractivity contribution is 6.02. The number of nitrogens with one attached hydrogen (secondary N) is 3. The fourth-order valence-electron chi connectivity index (χ4n) is 2.50. The van der Waals surface area contributed by atoms with Crippen LogP contribution in [0.3, 0.4) is 0 Å². The van der Waals surface area contributed by atoms with Gasteiger partial charge in [0.1, 0.15) is 0 Å². The van der Waals surface area contributed by atoms with E-state index in [0.29, 0.717) is 30.6 Å². The number of carbonyl (C=O) groups is 3. The van der Waals surface area contributed by atoms with Crippen LogP contribution in [0.5, 0.6) is 0 Å². The van der Waals surface area contributed by atoms with Crippen molar-refractivity contribution in [3.63, 3.8) is 0 Å². The van der Waals surface area contributed by atoms with E-state index in [1.165, 1.54) is 0 Å². The van der Waals surface area contributed by atoms with E-state index in [0.717, 1.165) is 12.0 Å². The van der Waals surface area contributed by atoms with Crippen LogP contribution in [0.25, 0.3) is 0 Å². The molecule has 0 spiro atoms. The van der Waals surface area contributed by atoms with Gasteiger partial charge < -0.3 is 16.0 Å². The predicted molar refractivity (Wildman–Crippen MR) is 72.3 cm³/mol. The predicted octanol–water partition coefficient (Wildman–Crippen LogP) is 0.190. The first-order chi connectivity index (χ1) is 9.61. The first-order valence-electron chi connectivity index (χ1n) is 6.62. The third-order valence-electron chi connectivity index (χ3n) is 3.59. The molecule has 1 atom stereocenters. The number of hydrogen-bond acceptors (Lipinski definition) is 3. The van der Waals surface area contributed by atoms with E-state index in [4.69, 9.17) is 0 Å². The Kier molecular flexibility index (Phi) is 3.14. The Hall–Kier alpha value is -2.37. The van der Waals surface area contributed by atoms with Crippen LogP contribution < -0.4 is 16.0 Å². The van der Waals surface area contributed by atoms with Crippen molar-refractivity contribution < 1.29 is 14.4 Å². The zero-order valence-corrected chi connectivity index (χ0v) is 10.9. The zero-order valence-electron chi connectivity index (χ0n) is 10.9. The average molecular weight is 273 g/mol. The minimum absolute atomic E-state index is 0.0144. The molecule has 3 N–H and O–H groups in total. The van der Waals surface area contributed by atoms with Crippen LogP contribution in [-0.2, 0) is 16.0 Å². The molecular formula is C14H15N3O3. The first-order valence-corrected chi connectivity index (χ1v) is 6.62. The Labute approximate surface area is 115 Å². The van der Waals surface area contributed by atoms with Crippen molar-refractivity contribution in [3.05, 3.63) is 29.3 Å². The van der Waals surface area contributed by atoms with Gasteiger partial charge in [0.05, 0.1) is 6.42 Å².